The Balaban J connectivity index is 2.93. The van der Waals surface area contributed by atoms with E-state index < -0.39 is 32.7 Å². The van der Waals surface area contributed by atoms with Gasteiger partial charge in [-0.15, -0.1) is 0 Å². The Morgan fingerprint density at radius 2 is 2.08 bits per heavy atom. The molecule has 0 saturated carbocycles. The summed E-state index contributed by atoms with van der Waals surface area (Å²) in [6.07, 6.45) is -0.976. The van der Waals surface area contributed by atoms with Crippen LogP contribution in [0.5, 0.6) is 0 Å². The lowest BCUT2D eigenvalue weighted by Crippen LogP contribution is -2.43. The molecule has 1 rings (SSSR count). The molecule has 0 spiro atoms. The molecule has 9 heteroatoms. The van der Waals surface area contributed by atoms with Crippen LogP contribution in [-0.4, -0.2) is 63.0 Å². The number of hydrogen-bond donors (Lipinski definition) is 1. The fourth-order valence-electron chi connectivity index (χ4n) is 2.53. The summed E-state index contributed by atoms with van der Waals surface area (Å²) in [5.41, 5.74) is 0. The monoisotopic (exact) mass is 384 g/mol. The summed E-state index contributed by atoms with van der Waals surface area (Å²) in [4.78, 5) is 11.8. The van der Waals surface area contributed by atoms with Crippen molar-refractivity contribution in [1.29, 1.82) is 5.26 Å². The third-order valence-electron chi connectivity index (χ3n) is 3.91. The van der Waals surface area contributed by atoms with E-state index in [2.05, 4.69) is 11.4 Å². The minimum Gasteiger partial charge on any atom is -0.379 e. The molecule has 7 nitrogen and oxygen atoms in total. The molecule has 6 atom stereocenters. The topological polar surface area (TPSA) is 89.8 Å². The van der Waals surface area contributed by atoms with Gasteiger partial charge in [-0.25, -0.2) is 0 Å². The van der Waals surface area contributed by atoms with E-state index in [0.717, 1.165) is 0 Å². The normalized spacial score (nSPS) is 28.3. The fourth-order valence-corrected chi connectivity index (χ4v) is 4.03. The highest BCUT2D eigenvalue weighted by molar-refractivity contribution is 7.49. The Labute approximate surface area is 159 Å². The van der Waals surface area contributed by atoms with E-state index in [1.807, 2.05) is 27.7 Å². The SMILES string of the molecule is [B]C1OC(CC)C(OP(OCCC#N)C(C)(C)C)C1OC(C)C(=O)NC. The van der Waals surface area contributed by atoms with E-state index >= 15 is 0 Å². The summed E-state index contributed by atoms with van der Waals surface area (Å²) in [6, 6.07) is 1.38. The summed E-state index contributed by atoms with van der Waals surface area (Å²) in [5.74, 6) is -0.237. The van der Waals surface area contributed by atoms with Gasteiger partial charge in [0.2, 0.25) is 5.91 Å². The second kappa shape index (κ2) is 10.6. The number of ether oxygens (including phenoxy) is 2. The molecule has 1 aliphatic rings. The van der Waals surface area contributed by atoms with Crippen LogP contribution >= 0.6 is 8.38 Å². The van der Waals surface area contributed by atoms with Crippen molar-refractivity contribution >= 4 is 22.1 Å². The molecule has 0 aromatic rings. The second-order valence-electron chi connectivity index (χ2n) is 7.14. The van der Waals surface area contributed by atoms with Gasteiger partial charge in [0.15, 0.2) is 8.38 Å². The van der Waals surface area contributed by atoms with Crippen LogP contribution in [0.15, 0.2) is 0 Å². The van der Waals surface area contributed by atoms with E-state index in [-0.39, 0.29) is 17.2 Å². The first-order chi connectivity index (χ1) is 12.1. The Bertz CT molecular complexity index is 497. The number of nitriles is 1. The molecule has 1 fully saturated rings. The molecule has 26 heavy (non-hydrogen) atoms. The highest BCUT2D eigenvalue weighted by Gasteiger charge is 2.47. The van der Waals surface area contributed by atoms with Crippen LogP contribution in [0.3, 0.4) is 0 Å². The number of carbonyl (C=O) groups is 1. The zero-order valence-corrected chi connectivity index (χ0v) is 17.4. The van der Waals surface area contributed by atoms with Crippen LogP contribution in [0.25, 0.3) is 0 Å². The van der Waals surface area contributed by atoms with Crippen LogP contribution in [-0.2, 0) is 23.3 Å². The van der Waals surface area contributed by atoms with Gasteiger partial charge < -0.3 is 23.8 Å². The molecular formula is C17H30BN2O5P. The minimum absolute atomic E-state index is 0.237. The quantitative estimate of drug-likeness (QED) is 0.373. The van der Waals surface area contributed by atoms with E-state index in [1.54, 1.807) is 14.0 Å². The van der Waals surface area contributed by atoms with Gasteiger partial charge in [0.1, 0.15) is 26.2 Å². The Morgan fingerprint density at radius 1 is 1.42 bits per heavy atom. The number of amides is 1. The molecule has 6 unspecified atom stereocenters. The zero-order chi connectivity index (χ0) is 19.9. The third-order valence-corrected chi connectivity index (χ3v) is 5.86. The van der Waals surface area contributed by atoms with Gasteiger partial charge in [-0.05, 0) is 13.3 Å². The minimum atomic E-state index is -1.31. The molecule has 0 aromatic carbocycles. The standard InChI is InChI=1S/C17H30BN2O5P/c1-7-12-13(25-26(17(3,4)5)22-10-8-9-19)14(15(18)24-12)23-11(2)16(21)20-6/h11-15H,7-8,10H2,1-6H3,(H,20,21). The van der Waals surface area contributed by atoms with Gasteiger partial charge in [-0.1, -0.05) is 27.7 Å². The Kier molecular flexibility index (Phi) is 9.50. The van der Waals surface area contributed by atoms with Crippen molar-refractivity contribution in [2.45, 2.75) is 83.0 Å². The number of nitrogens with one attached hydrogen (secondary N) is 1. The molecule has 1 saturated heterocycles. The van der Waals surface area contributed by atoms with Crippen LogP contribution in [0.2, 0.25) is 0 Å². The van der Waals surface area contributed by atoms with E-state index in [0.29, 0.717) is 19.4 Å². The lowest BCUT2D eigenvalue weighted by Gasteiger charge is -2.34. The zero-order valence-electron chi connectivity index (χ0n) is 16.5. The number of nitrogens with zero attached hydrogens (tertiary/aromatic N) is 1. The highest BCUT2D eigenvalue weighted by atomic mass is 31.2. The van der Waals surface area contributed by atoms with Crippen molar-refractivity contribution in [2.24, 2.45) is 0 Å². The molecular weight excluding hydrogens is 354 g/mol. The number of hydrogen-bond acceptors (Lipinski definition) is 6. The van der Waals surface area contributed by atoms with Crippen LogP contribution in [0.4, 0.5) is 0 Å². The van der Waals surface area contributed by atoms with Crippen LogP contribution < -0.4 is 5.32 Å². The maximum Gasteiger partial charge on any atom is 0.248 e. The second-order valence-corrected chi connectivity index (χ2v) is 9.47. The van der Waals surface area contributed by atoms with Crippen molar-refractivity contribution in [1.82, 2.24) is 5.32 Å². The summed E-state index contributed by atoms with van der Waals surface area (Å²) in [5, 5.41) is 11.0. The van der Waals surface area contributed by atoms with Gasteiger partial charge in [-0.3, -0.25) is 4.79 Å². The van der Waals surface area contributed by atoms with Gasteiger partial charge in [0, 0.05) is 18.2 Å². The lowest BCUT2D eigenvalue weighted by atomic mass is 9.92. The third kappa shape index (κ3) is 6.47. The summed E-state index contributed by atoms with van der Waals surface area (Å²) in [6.45, 7) is 10.0. The molecule has 0 aromatic heterocycles. The molecule has 2 radical (unpaired) electrons. The summed E-state index contributed by atoms with van der Waals surface area (Å²) < 4.78 is 23.8. The molecule has 0 bridgehead atoms. The molecule has 1 amide bonds. The van der Waals surface area contributed by atoms with E-state index in [9.17, 15) is 4.79 Å². The summed E-state index contributed by atoms with van der Waals surface area (Å²) in [7, 11) is 6.34. The van der Waals surface area contributed by atoms with Crippen molar-refractivity contribution in [3.05, 3.63) is 0 Å². The number of likely N-dealkylation sites (N-methyl/N-ethyl adjacent to an activating group) is 1. The van der Waals surface area contributed by atoms with E-state index in [4.69, 9.17) is 31.6 Å². The Hall–Kier alpha value is -0.705. The number of carbonyl (C=O) groups excluding carboxylic acids is 1. The summed E-state index contributed by atoms with van der Waals surface area (Å²) >= 11 is 0. The number of rotatable bonds is 9. The van der Waals surface area contributed by atoms with Gasteiger partial charge in [0.05, 0.1) is 25.2 Å². The highest BCUT2D eigenvalue weighted by Crippen LogP contribution is 2.54. The average molecular weight is 384 g/mol. The van der Waals surface area contributed by atoms with Gasteiger partial charge >= 0.3 is 0 Å². The average Bonchev–Trinajstić information content (AvgIpc) is 2.87. The molecule has 1 heterocycles. The van der Waals surface area contributed by atoms with Crippen molar-refractivity contribution in [3.63, 3.8) is 0 Å². The van der Waals surface area contributed by atoms with Crippen LogP contribution in [0, 0.1) is 11.3 Å². The van der Waals surface area contributed by atoms with E-state index in [1.165, 1.54) is 0 Å². The molecule has 0 aliphatic carbocycles. The first-order valence-electron chi connectivity index (χ1n) is 8.90. The Morgan fingerprint density at radius 3 is 2.58 bits per heavy atom. The van der Waals surface area contributed by atoms with Crippen molar-refractivity contribution in [3.8, 4) is 6.07 Å². The maximum absolute atomic E-state index is 11.8. The molecule has 146 valence electrons. The largest absolute Gasteiger partial charge is 0.379 e. The van der Waals surface area contributed by atoms with Crippen molar-refractivity contribution in [2.75, 3.05) is 13.7 Å². The first-order valence-corrected chi connectivity index (χ1v) is 10.1. The smallest absolute Gasteiger partial charge is 0.248 e. The maximum atomic E-state index is 11.8. The van der Waals surface area contributed by atoms with Crippen LogP contribution in [0.1, 0.15) is 47.5 Å². The van der Waals surface area contributed by atoms with Crippen molar-refractivity contribution < 1.29 is 23.3 Å². The van der Waals surface area contributed by atoms with Gasteiger partial charge in [-0.2, -0.15) is 5.26 Å². The predicted octanol–water partition coefficient (Wildman–Crippen LogP) is 2.24. The predicted molar refractivity (Wildman–Crippen MR) is 101 cm³/mol. The lowest BCUT2D eigenvalue weighted by molar-refractivity contribution is -0.138. The molecule has 1 N–H and O–H groups in total. The first kappa shape index (κ1) is 23.3. The molecule has 1 aliphatic heterocycles. The van der Waals surface area contributed by atoms with Gasteiger partial charge in [0.25, 0.3) is 0 Å². The fraction of sp³-hybridized carbons (Fsp3) is 0.882.